The number of rotatable bonds is 2. The number of hydrogen-bond acceptors (Lipinski definition) is 5. The Morgan fingerprint density at radius 2 is 1.75 bits per heavy atom. The number of carbonyl (C=O) groups excluding carboxylic acids is 2. The molecule has 2 atom stereocenters. The van der Waals surface area contributed by atoms with Crippen LogP contribution in [-0.2, 0) is 0 Å². The van der Waals surface area contributed by atoms with E-state index in [0.29, 0.717) is 22.5 Å². The lowest BCUT2D eigenvalue weighted by atomic mass is 9.91. The number of piperidine rings is 1. The van der Waals surface area contributed by atoms with Crippen LogP contribution in [0.2, 0.25) is 5.02 Å². The van der Waals surface area contributed by atoms with E-state index >= 15 is 0 Å². The Morgan fingerprint density at radius 3 is 2.39 bits per heavy atom. The molecule has 4 rings (SSSR count). The van der Waals surface area contributed by atoms with Crippen LogP contribution >= 0.6 is 11.6 Å². The van der Waals surface area contributed by atoms with E-state index in [1.807, 2.05) is 6.07 Å². The number of benzene rings is 1. The molecule has 1 aromatic carbocycles. The first-order valence-electron chi connectivity index (χ1n) is 9.22. The minimum Gasteiger partial charge on any atom is -0.384 e. The van der Waals surface area contributed by atoms with Gasteiger partial charge in [0, 0.05) is 19.2 Å². The van der Waals surface area contributed by atoms with Gasteiger partial charge in [0.05, 0.1) is 27.5 Å². The highest BCUT2D eigenvalue weighted by Gasteiger charge is 2.32. The molecule has 2 aromatic rings. The average molecular weight is 401 g/mol. The molecule has 2 aliphatic rings. The molecular formula is C20H21ClN4O3. The number of nitrogens with two attached hydrogens (primary N) is 1. The Bertz CT molecular complexity index is 1050. The second kappa shape index (κ2) is 6.67. The van der Waals surface area contributed by atoms with Crippen molar-refractivity contribution in [3.05, 3.63) is 50.8 Å². The Hall–Kier alpha value is -2.80. The molecule has 0 spiro atoms. The van der Waals surface area contributed by atoms with Gasteiger partial charge in [-0.2, -0.15) is 0 Å². The Balaban J connectivity index is 1.77. The van der Waals surface area contributed by atoms with E-state index in [4.69, 9.17) is 17.3 Å². The zero-order valence-corrected chi connectivity index (χ0v) is 16.4. The molecule has 7 nitrogen and oxygen atoms in total. The molecule has 2 aliphatic heterocycles. The fourth-order valence-corrected chi connectivity index (χ4v) is 4.59. The summed E-state index contributed by atoms with van der Waals surface area (Å²) in [6.45, 7) is 6.30. The van der Waals surface area contributed by atoms with E-state index in [-0.39, 0.29) is 16.9 Å². The lowest BCUT2D eigenvalue weighted by molar-refractivity contribution is 0.0880. The summed E-state index contributed by atoms with van der Waals surface area (Å²) in [6.07, 6.45) is 1.19. The third kappa shape index (κ3) is 2.96. The van der Waals surface area contributed by atoms with Crippen LogP contribution in [0.25, 0.3) is 5.69 Å². The molecule has 0 saturated carbocycles. The van der Waals surface area contributed by atoms with Crippen LogP contribution in [0, 0.1) is 11.8 Å². The summed E-state index contributed by atoms with van der Waals surface area (Å²) >= 11 is 6.55. The molecule has 0 aliphatic carbocycles. The van der Waals surface area contributed by atoms with Crippen LogP contribution in [0.3, 0.4) is 0 Å². The quantitative estimate of drug-likeness (QED) is 0.754. The number of carbonyl (C=O) groups is 2. The van der Waals surface area contributed by atoms with Gasteiger partial charge in [0.1, 0.15) is 5.82 Å². The van der Waals surface area contributed by atoms with Crippen molar-refractivity contribution < 1.29 is 9.59 Å². The van der Waals surface area contributed by atoms with Crippen molar-refractivity contribution in [2.24, 2.45) is 11.8 Å². The molecule has 1 fully saturated rings. The molecular weight excluding hydrogens is 380 g/mol. The van der Waals surface area contributed by atoms with Crippen LogP contribution in [0.1, 0.15) is 41.0 Å². The fraction of sp³-hybridized carbons (Fsp3) is 0.350. The van der Waals surface area contributed by atoms with Crippen molar-refractivity contribution in [2.45, 2.75) is 20.3 Å². The third-order valence-electron chi connectivity index (χ3n) is 5.35. The summed E-state index contributed by atoms with van der Waals surface area (Å²) in [5.41, 5.74) is 6.96. The summed E-state index contributed by atoms with van der Waals surface area (Å²) in [5, 5.41) is 2.66. The standard InChI is InChI=1S/C20H21ClN4O3/c1-10-5-11(2)9-24(8-10)15-4-3-12(6-14(15)21)25-16(26)7-13-17(18(25)22)20(28)23-19(13)27/h3-4,6-7,10-11H,5,8-9,22H2,1-2H3,(H,23,27,28). The molecule has 0 radical (unpaired) electrons. The van der Waals surface area contributed by atoms with Gasteiger partial charge in [-0.1, -0.05) is 25.4 Å². The van der Waals surface area contributed by atoms with E-state index in [1.165, 1.54) is 11.0 Å². The smallest absolute Gasteiger partial charge is 0.262 e. The maximum Gasteiger partial charge on any atom is 0.262 e. The molecule has 1 saturated heterocycles. The van der Waals surface area contributed by atoms with Crippen LogP contribution in [0.4, 0.5) is 11.5 Å². The Morgan fingerprint density at radius 1 is 1.07 bits per heavy atom. The van der Waals surface area contributed by atoms with Gasteiger partial charge in [-0.3, -0.25) is 24.3 Å². The van der Waals surface area contributed by atoms with Crippen molar-refractivity contribution in [2.75, 3.05) is 23.7 Å². The van der Waals surface area contributed by atoms with Crippen LogP contribution < -0.4 is 21.5 Å². The third-order valence-corrected chi connectivity index (χ3v) is 5.66. The molecule has 8 heteroatoms. The van der Waals surface area contributed by atoms with E-state index in [2.05, 4.69) is 24.1 Å². The summed E-state index contributed by atoms with van der Waals surface area (Å²) in [5.74, 6) is -0.145. The second-order valence-electron chi connectivity index (χ2n) is 7.76. The number of fused-ring (bicyclic) bond motifs is 1. The van der Waals surface area contributed by atoms with Gasteiger partial charge >= 0.3 is 0 Å². The van der Waals surface area contributed by atoms with Crippen molar-refractivity contribution in [1.29, 1.82) is 0 Å². The Labute approximate surface area is 167 Å². The topological polar surface area (TPSA) is 97.4 Å². The summed E-state index contributed by atoms with van der Waals surface area (Å²) < 4.78 is 1.20. The lowest BCUT2D eigenvalue weighted by Crippen LogP contribution is -2.38. The number of anilines is 2. The van der Waals surface area contributed by atoms with E-state index in [9.17, 15) is 14.4 Å². The van der Waals surface area contributed by atoms with Gasteiger partial charge in [-0.05, 0) is 36.5 Å². The first kappa shape index (κ1) is 18.6. The number of nitrogens with zero attached hydrogens (tertiary/aromatic N) is 2. The maximum atomic E-state index is 12.6. The van der Waals surface area contributed by atoms with Gasteiger partial charge < -0.3 is 10.6 Å². The monoisotopic (exact) mass is 400 g/mol. The van der Waals surface area contributed by atoms with Crippen LogP contribution in [-0.4, -0.2) is 29.5 Å². The first-order valence-corrected chi connectivity index (χ1v) is 9.60. The molecule has 1 aromatic heterocycles. The number of halogens is 1. The highest BCUT2D eigenvalue weighted by Crippen LogP contribution is 2.33. The second-order valence-corrected chi connectivity index (χ2v) is 8.17. The zero-order valence-electron chi connectivity index (χ0n) is 15.7. The van der Waals surface area contributed by atoms with E-state index in [1.54, 1.807) is 12.1 Å². The lowest BCUT2D eigenvalue weighted by Gasteiger charge is -2.37. The molecule has 2 amide bonds. The highest BCUT2D eigenvalue weighted by molar-refractivity contribution is 6.33. The number of amides is 2. The molecule has 2 unspecified atom stereocenters. The molecule has 3 heterocycles. The van der Waals surface area contributed by atoms with Crippen molar-refractivity contribution in [3.63, 3.8) is 0 Å². The maximum absolute atomic E-state index is 12.6. The van der Waals surface area contributed by atoms with Gasteiger partial charge in [-0.25, -0.2) is 0 Å². The normalized spacial score (nSPS) is 21.6. The Kier molecular flexibility index (Phi) is 4.42. The molecule has 146 valence electrons. The van der Waals surface area contributed by atoms with E-state index < -0.39 is 17.4 Å². The molecule has 3 N–H and O–H groups in total. The first-order chi connectivity index (χ1) is 13.3. The van der Waals surface area contributed by atoms with Crippen LogP contribution in [0.5, 0.6) is 0 Å². The number of imide groups is 1. The minimum absolute atomic E-state index is 0.00255. The predicted octanol–water partition coefficient (Wildman–Crippen LogP) is 2.44. The van der Waals surface area contributed by atoms with Crippen molar-refractivity contribution >= 4 is 34.9 Å². The summed E-state index contributed by atoms with van der Waals surface area (Å²) in [4.78, 5) is 38.6. The van der Waals surface area contributed by atoms with Gasteiger partial charge in [-0.15, -0.1) is 0 Å². The molecule has 0 bridgehead atoms. The SMILES string of the molecule is CC1CC(C)CN(c2ccc(-n3c(N)c4c(cc3=O)C(=O)NC4=O)cc2Cl)C1. The van der Waals surface area contributed by atoms with Gasteiger partial charge in [0.2, 0.25) is 0 Å². The summed E-state index contributed by atoms with van der Waals surface area (Å²) in [7, 11) is 0. The number of pyridine rings is 1. The minimum atomic E-state index is -0.613. The van der Waals surface area contributed by atoms with Crippen molar-refractivity contribution in [1.82, 2.24) is 9.88 Å². The molecule has 28 heavy (non-hydrogen) atoms. The van der Waals surface area contributed by atoms with Crippen LogP contribution in [0.15, 0.2) is 29.1 Å². The number of hydrogen-bond donors (Lipinski definition) is 2. The number of aromatic nitrogens is 1. The largest absolute Gasteiger partial charge is 0.384 e. The average Bonchev–Trinajstić information content (AvgIpc) is 2.88. The predicted molar refractivity (Wildman–Crippen MR) is 108 cm³/mol. The van der Waals surface area contributed by atoms with Crippen molar-refractivity contribution in [3.8, 4) is 5.69 Å². The summed E-state index contributed by atoms with van der Waals surface area (Å²) in [6, 6.07) is 6.41. The fourth-order valence-electron chi connectivity index (χ4n) is 4.30. The number of nitrogen functional groups attached to an aromatic ring is 1. The zero-order chi connectivity index (χ0) is 20.2. The highest BCUT2D eigenvalue weighted by atomic mass is 35.5. The van der Waals surface area contributed by atoms with Gasteiger partial charge in [0.15, 0.2) is 0 Å². The number of nitrogens with one attached hydrogen (secondary N) is 1. The van der Waals surface area contributed by atoms with E-state index in [0.717, 1.165) is 24.8 Å². The van der Waals surface area contributed by atoms with Gasteiger partial charge in [0.25, 0.3) is 17.4 Å².